The van der Waals surface area contributed by atoms with Gasteiger partial charge in [-0.1, -0.05) is 5.16 Å². The van der Waals surface area contributed by atoms with E-state index in [-0.39, 0.29) is 12.4 Å². The first-order chi connectivity index (χ1) is 12.9. The van der Waals surface area contributed by atoms with Gasteiger partial charge in [0.1, 0.15) is 22.9 Å². The average molecular weight is 370 g/mol. The molecule has 142 valence electrons. The SMILES string of the molecule is CCOC(=O)c1c(NC(C)=N)[nH]c2cc(-c3c(C)noc3C)c(OC)cc12. The summed E-state index contributed by atoms with van der Waals surface area (Å²) in [4.78, 5) is 15.7. The number of benzene rings is 1. The molecule has 0 fully saturated rings. The molecule has 3 rings (SSSR count). The maximum atomic E-state index is 12.5. The molecule has 3 aromatic rings. The van der Waals surface area contributed by atoms with Crippen LogP contribution in [0.1, 0.15) is 35.7 Å². The molecule has 3 N–H and O–H groups in total. The van der Waals surface area contributed by atoms with Crippen LogP contribution in [-0.2, 0) is 4.74 Å². The first kappa shape index (κ1) is 18.5. The third kappa shape index (κ3) is 3.25. The number of anilines is 1. The highest BCUT2D eigenvalue weighted by Crippen LogP contribution is 2.40. The van der Waals surface area contributed by atoms with Gasteiger partial charge in [0.25, 0.3) is 0 Å². The number of hydrogen-bond donors (Lipinski definition) is 3. The molecular weight excluding hydrogens is 348 g/mol. The van der Waals surface area contributed by atoms with Gasteiger partial charge in [-0.15, -0.1) is 0 Å². The molecule has 0 aliphatic rings. The second-order valence-electron chi connectivity index (χ2n) is 6.14. The van der Waals surface area contributed by atoms with Crippen molar-refractivity contribution in [2.45, 2.75) is 27.7 Å². The van der Waals surface area contributed by atoms with Crippen molar-refractivity contribution in [3.05, 3.63) is 29.2 Å². The molecule has 8 heteroatoms. The van der Waals surface area contributed by atoms with Crippen LogP contribution >= 0.6 is 0 Å². The van der Waals surface area contributed by atoms with E-state index in [0.717, 1.165) is 16.8 Å². The van der Waals surface area contributed by atoms with Crippen molar-refractivity contribution in [3.8, 4) is 16.9 Å². The quantitative estimate of drug-likeness (QED) is 0.355. The summed E-state index contributed by atoms with van der Waals surface area (Å²) >= 11 is 0. The third-order valence-electron chi connectivity index (χ3n) is 4.21. The summed E-state index contributed by atoms with van der Waals surface area (Å²) in [6.07, 6.45) is 0. The lowest BCUT2D eigenvalue weighted by atomic mass is 10.0. The Morgan fingerprint density at radius 2 is 2.11 bits per heavy atom. The van der Waals surface area contributed by atoms with Crippen molar-refractivity contribution in [3.63, 3.8) is 0 Å². The van der Waals surface area contributed by atoms with Gasteiger partial charge in [-0.05, 0) is 39.8 Å². The van der Waals surface area contributed by atoms with E-state index in [0.29, 0.717) is 33.8 Å². The molecule has 0 saturated heterocycles. The number of ether oxygens (including phenoxy) is 2. The number of methoxy groups -OCH3 is 1. The van der Waals surface area contributed by atoms with E-state index >= 15 is 0 Å². The average Bonchev–Trinajstić information content (AvgIpc) is 3.12. The second kappa shape index (κ2) is 7.14. The summed E-state index contributed by atoms with van der Waals surface area (Å²) in [5.74, 6) is 1.40. The molecule has 0 radical (unpaired) electrons. The summed E-state index contributed by atoms with van der Waals surface area (Å²) in [5.41, 5.74) is 3.44. The number of rotatable bonds is 5. The molecule has 0 aliphatic carbocycles. The predicted molar refractivity (Wildman–Crippen MR) is 103 cm³/mol. The zero-order valence-electron chi connectivity index (χ0n) is 15.9. The topological polar surface area (TPSA) is 113 Å². The Balaban J connectivity index is 2.29. The summed E-state index contributed by atoms with van der Waals surface area (Å²) in [7, 11) is 1.57. The van der Waals surface area contributed by atoms with Crippen LogP contribution in [-0.4, -0.2) is 35.7 Å². The lowest BCUT2D eigenvalue weighted by Gasteiger charge is -2.09. The Kier molecular flexibility index (Phi) is 4.89. The van der Waals surface area contributed by atoms with Crippen LogP contribution in [0.4, 0.5) is 5.82 Å². The van der Waals surface area contributed by atoms with Gasteiger partial charge < -0.3 is 24.3 Å². The normalized spacial score (nSPS) is 10.9. The Hall–Kier alpha value is -3.29. The Bertz CT molecular complexity index is 1010. The van der Waals surface area contributed by atoms with Gasteiger partial charge in [0.2, 0.25) is 0 Å². The van der Waals surface area contributed by atoms with Crippen molar-refractivity contribution in [2.24, 2.45) is 0 Å². The number of aromatic nitrogens is 2. The number of nitrogens with one attached hydrogen (secondary N) is 3. The number of H-pyrrole nitrogens is 1. The summed E-state index contributed by atoms with van der Waals surface area (Å²) in [5, 5.41) is 15.2. The number of carbonyl (C=O) groups excluding carboxylic acids is 1. The minimum absolute atomic E-state index is 0.199. The van der Waals surface area contributed by atoms with E-state index in [4.69, 9.17) is 19.4 Å². The zero-order valence-corrected chi connectivity index (χ0v) is 15.9. The van der Waals surface area contributed by atoms with Crippen LogP contribution < -0.4 is 10.1 Å². The number of amidine groups is 1. The molecule has 2 aromatic heterocycles. The minimum Gasteiger partial charge on any atom is -0.496 e. The van der Waals surface area contributed by atoms with E-state index in [1.165, 1.54) is 0 Å². The standard InChI is InChI=1S/C19H22N4O4/c1-6-26-19(24)17-12-8-15(25-5)13(16-9(2)23-27-10(16)3)7-14(12)22-18(17)21-11(4)20/h7-8,22H,6H2,1-5H3,(H2,20,21). The lowest BCUT2D eigenvalue weighted by Crippen LogP contribution is -2.11. The largest absolute Gasteiger partial charge is 0.496 e. The zero-order chi connectivity index (χ0) is 19.7. The Morgan fingerprint density at radius 1 is 1.37 bits per heavy atom. The number of aryl methyl sites for hydroxylation is 2. The van der Waals surface area contributed by atoms with Gasteiger partial charge in [-0.3, -0.25) is 5.41 Å². The molecule has 0 amide bonds. The summed E-state index contributed by atoms with van der Waals surface area (Å²) < 4.78 is 16.1. The highest BCUT2D eigenvalue weighted by Gasteiger charge is 2.24. The first-order valence-corrected chi connectivity index (χ1v) is 8.53. The number of aromatic amines is 1. The maximum Gasteiger partial charge on any atom is 0.342 e. The number of hydrogen-bond acceptors (Lipinski definition) is 6. The molecule has 0 saturated carbocycles. The molecule has 0 unspecified atom stereocenters. The minimum atomic E-state index is -0.473. The van der Waals surface area contributed by atoms with Crippen molar-refractivity contribution >= 4 is 28.5 Å². The number of nitrogens with zero attached hydrogens (tertiary/aromatic N) is 1. The van der Waals surface area contributed by atoms with Crippen molar-refractivity contribution in [1.29, 1.82) is 5.41 Å². The van der Waals surface area contributed by atoms with Crippen LogP contribution in [0.15, 0.2) is 16.7 Å². The molecule has 0 aliphatic heterocycles. The molecule has 1 aromatic carbocycles. The molecule has 8 nitrogen and oxygen atoms in total. The van der Waals surface area contributed by atoms with Crippen LogP contribution in [0.5, 0.6) is 5.75 Å². The maximum absolute atomic E-state index is 12.5. The highest BCUT2D eigenvalue weighted by atomic mass is 16.5. The van der Waals surface area contributed by atoms with Gasteiger partial charge in [0.05, 0.1) is 30.8 Å². The lowest BCUT2D eigenvalue weighted by molar-refractivity contribution is 0.0530. The summed E-state index contributed by atoms with van der Waals surface area (Å²) in [6.45, 7) is 7.29. The fourth-order valence-electron chi connectivity index (χ4n) is 3.15. The fraction of sp³-hybridized carbons (Fsp3) is 0.316. The van der Waals surface area contributed by atoms with E-state index in [1.54, 1.807) is 27.0 Å². The molecule has 0 atom stereocenters. The van der Waals surface area contributed by atoms with Crippen LogP contribution in [0.25, 0.3) is 22.0 Å². The van der Waals surface area contributed by atoms with Crippen molar-refractivity contribution in [1.82, 2.24) is 10.1 Å². The van der Waals surface area contributed by atoms with Crippen LogP contribution in [0.3, 0.4) is 0 Å². The summed E-state index contributed by atoms with van der Waals surface area (Å²) in [6, 6.07) is 3.66. The third-order valence-corrected chi connectivity index (χ3v) is 4.21. The second-order valence-corrected chi connectivity index (χ2v) is 6.14. The Morgan fingerprint density at radius 3 is 2.67 bits per heavy atom. The Labute approximate surface area is 156 Å². The number of carbonyl (C=O) groups is 1. The molecule has 0 spiro atoms. The predicted octanol–water partition coefficient (Wildman–Crippen LogP) is 4.03. The number of esters is 1. The van der Waals surface area contributed by atoms with Gasteiger partial charge in [-0.2, -0.15) is 0 Å². The highest BCUT2D eigenvalue weighted by molar-refractivity contribution is 6.12. The molecule has 0 bridgehead atoms. The number of fused-ring (bicyclic) bond motifs is 1. The van der Waals surface area contributed by atoms with E-state index < -0.39 is 5.97 Å². The van der Waals surface area contributed by atoms with Crippen LogP contribution in [0.2, 0.25) is 0 Å². The van der Waals surface area contributed by atoms with E-state index in [2.05, 4.69) is 15.5 Å². The van der Waals surface area contributed by atoms with Crippen molar-refractivity contribution in [2.75, 3.05) is 19.0 Å². The molecule has 27 heavy (non-hydrogen) atoms. The van der Waals surface area contributed by atoms with Crippen LogP contribution in [0, 0.1) is 19.3 Å². The van der Waals surface area contributed by atoms with E-state index in [9.17, 15) is 4.79 Å². The van der Waals surface area contributed by atoms with Gasteiger partial charge in [0.15, 0.2) is 0 Å². The van der Waals surface area contributed by atoms with Gasteiger partial charge in [-0.25, -0.2) is 4.79 Å². The van der Waals surface area contributed by atoms with E-state index in [1.807, 2.05) is 19.9 Å². The first-order valence-electron chi connectivity index (χ1n) is 8.53. The van der Waals surface area contributed by atoms with Gasteiger partial charge in [0, 0.05) is 16.5 Å². The molecular formula is C19H22N4O4. The van der Waals surface area contributed by atoms with Crippen molar-refractivity contribution < 1.29 is 18.8 Å². The molecule has 2 heterocycles. The van der Waals surface area contributed by atoms with Gasteiger partial charge >= 0.3 is 5.97 Å². The smallest absolute Gasteiger partial charge is 0.342 e. The monoisotopic (exact) mass is 370 g/mol. The fourth-order valence-corrected chi connectivity index (χ4v) is 3.15.